The Kier molecular flexibility index (Phi) is 4.24. The molecule has 1 unspecified atom stereocenters. The summed E-state index contributed by atoms with van der Waals surface area (Å²) in [7, 11) is 1.63. The third-order valence-electron chi connectivity index (χ3n) is 4.92. The molecule has 1 aromatic heterocycles. The van der Waals surface area contributed by atoms with Crippen molar-refractivity contribution >= 4 is 17.0 Å². The van der Waals surface area contributed by atoms with Gasteiger partial charge in [-0.3, -0.25) is 9.36 Å². The van der Waals surface area contributed by atoms with E-state index in [0.717, 1.165) is 24.2 Å². The molecule has 0 aliphatic carbocycles. The summed E-state index contributed by atoms with van der Waals surface area (Å²) in [4.78, 5) is 26.9. The van der Waals surface area contributed by atoms with Gasteiger partial charge >= 0.3 is 5.76 Å². The molecule has 3 aromatic rings. The van der Waals surface area contributed by atoms with Gasteiger partial charge in [0.25, 0.3) is 0 Å². The maximum Gasteiger partial charge on any atom is 0.420 e. The molecule has 1 saturated heterocycles. The van der Waals surface area contributed by atoms with Crippen LogP contribution in [0.25, 0.3) is 11.1 Å². The highest BCUT2D eigenvalue weighted by atomic mass is 16.5. The van der Waals surface area contributed by atoms with Gasteiger partial charge in [-0.15, -0.1) is 0 Å². The number of likely N-dealkylation sites (tertiary alicyclic amines) is 1. The molecule has 2 aromatic carbocycles. The molecule has 6 nitrogen and oxygen atoms in total. The second kappa shape index (κ2) is 6.71. The van der Waals surface area contributed by atoms with Gasteiger partial charge in [0.05, 0.1) is 18.7 Å². The maximum atomic E-state index is 12.9. The van der Waals surface area contributed by atoms with Crippen molar-refractivity contribution in [1.82, 2.24) is 9.47 Å². The number of hydrogen-bond donors (Lipinski definition) is 0. The summed E-state index contributed by atoms with van der Waals surface area (Å²) in [5, 5.41) is 0. The predicted octanol–water partition coefficient (Wildman–Crippen LogP) is 2.97. The SMILES string of the molecule is COc1cccc(C2CCCN2C(=O)Cn2c(=O)oc3ccccc32)c1. The summed E-state index contributed by atoms with van der Waals surface area (Å²) in [6.45, 7) is 0.668. The van der Waals surface area contributed by atoms with E-state index in [0.29, 0.717) is 17.6 Å². The van der Waals surface area contributed by atoms with Crippen molar-refractivity contribution in [3.8, 4) is 5.75 Å². The third-order valence-corrected chi connectivity index (χ3v) is 4.92. The summed E-state index contributed by atoms with van der Waals surface area (Å²) in [5.41, 5.74) is 2.19. The first kappa shape index (κ1) is 16.4. The zero-order valence-corrected chi connectivity index (χ0v) is 14.6. The highest BCUT2D eigenvalue weighted by Gasteiger charge is 2.30. The average molecular weight is 352 g/mol. The number of carbonyl (C=O) groups excluding carboxylic acids is 1. The van der Waals surface area contributed by atoms with E-state index in [1.54, 1.807) is 25.3 Å². The fourth-order valence-electron chi connectivity index (χ4n) is 3.65. The predicted molar refractivity (Wildman–Crippen MR) is 97.2 cm³/mol. The molecule has 0 saturated carbocycles. The quantitative estimate of drug-likeness (QED) is 0.724. The van der Waals surface area contributed by atoms with Gasteiger partial charge in [0.2, 0.25) is 5.91 Å². The van der Waals surface area contributed by atoms with Crippen molar-refractivity contribution in [2.24, 2.45) is 0 Å². The molecule has 26 heavy (non-hydrogen) atoms. The summed E-state index contributed by atoms with van der Waals surface area (Å²) < 4.78 is 11.9. The lowest BCUT2D eigenvalue weighted by molar-refractivity contribution is -0.132. The molecular weight excluding hydrogens is 332 g/mol. The van der Waals surface area contributed by atoms with Crippen molar-refractivity contribution < 1.29 is 13.9 Å². The first-order valence-electron chi connectivity index (χ1n) is 8.69. The summed E-state index contributed by atoms with van der Waals surface area (Å²) >= 11 is 0. The van der Waals surface area contributed by atoms with Crippen LogP contribution < -0.4 is 10.5 Å². The summed E-state index contributed by atoms with van der Waals surface area (Å²) in [6, 6.07) is 15.0. The Morgan fingerprint density at radius 2 is 2.08 bits per heavy atom. The Labute approximate surface area is 150 Å². The van der Waals surface area contributed by atoms with Crippen LogP contribution in [-0.2, 0) is 11.3 Å². The highest BCUT2D eigenvalue weighted by molar-refractivity contribution is 5.80. The summed E-state index contributed by atoms with van der Waals surface area (Å²) in [5.74, 6) is 0.194. The lowest BCUT2D eigenvalue weighted by Crippen LogP contribution is -2.35. The molecule has 0 N–H and O–H groups in total. The first-order chi connectivity index (χ1) is 12.7. The van der Waals surface area contributed by atoms with Gasteiger partial charge in [0, 0.05) is 6.54 Å². The maximum absolute atomic E-state index is 12.9. The largest absolute Gasteiger partial charge is 0.497 e. The highest BCUT2D eigenvalue weighted by Crippen LogP contribution is 2.33. The zero-order valence-electron chi connectivity index (χ0n) is 14.6. The molecule has 0 spiro atoms. The van der Waals surface area contributed by atoms with E-state index in [2.05, 4.69) is 0 Å². The van der Waals surface area contributed by atoms with Crippen LogP contribution in [0.3, 0.4) is 0 Å². The Hall–Kier alpha value is -3.02. The Bertz CT molecular complexity index is 1000. The molecule has 4 rings (SSSR count). The van der Waals surface area contributed by atoms with Gasteiger partial charge in [0.15, 0.2) is 5.58 Å². The smallest absolute Gasteiger partial charge is 0.420 e. The number of ether oxygens (including phenoxy) is 1. The topological polar surface area (TPSA) is 64.7 Å². The minimum absolute atomic E-state index is 0.00599. The van der Waals surface area contributed by atoms with Gasteiger partial charge in [-0.05, 0) is 42.7 Å². The second-order valence-electron chi connectivity index (χ2n) is 6.44. The normalized spacial score (nSPS) is 17.0. The van der Waals surface area contributed by atoms with E-state index in [1.165, 1.54) is 4.57 Å². The van der Waals surface area contributed by atoms with E-state index in [4.69, 9.17) is 9.15 Å². The number of para-hydroxylation sites is 2. The Morgan fingerprint density at radius 3 is 2.92 bits per heavy atom. The standard InChI is InChI=1S/C20H20N2O4/c1-25-15-7-4-6-14(12-15)16-9-5-11-21(16)19(23)13-22-17-8-2-3-10-18(17)26-20(22)24/h2-4,6-8,10,12,16H,5,9,11,13H2,1H3. The van der Waals surface area contributed by atoms with Crippen molar-refractivity contribution in [3.63, 3.8) is 0 Å². The van der Waals surface area contributed by atoms with Crippen molar-refractivity contribution in [2.45, 2.75) is 25.4 Å². The number of carbonyl (C=O) groups is 1. The van der Waals surface area contributed by atoms with Crippen LogP contribution >= 0.6 is 0 Å². The minimum Gasteiger partial charge on any atom is -0.497 e. The Balaban J connectivity index is 1.60. The molecule has 1 aliphatic heterocycles. The van der Waals surface area contributed by atoms with Crippen LogP contribution in [0.4, 0.5) is 0 Å². The monoisotopic (exact) mass is 352 g/mol. The number of fused-ring (bicyclic) bond motifs is 1. The van der Waals surface area contributed by atoms with Gasteiger partial charge < -0.3 is 14.1 Å². The molecule has 1 atom stereocenters. The number of methoxy groups -OCH3 is 1. The lowest BCUT2D eigenvalue weighted by atomic mass is 10.0. The van der Waals surface area contributed by atoms with Gasteiger partial charge in [-0.25, -0.2) is 4.79 Å². The fourth-order valence-corrected chi connectivity index (χ4v) is 3.65. The van der Waals surface area contributed by atoms with Crippen LogP contribution in [0.1, 0.15) is 24.4 Å². The van der Waals surface area contributed by atoms with Crippen molar-refractivity contribution in [2.75, 3.05) is 13.7 Å². The molecule has 1 fully saturated rings. The molecule has 6 heteroatoms. The number of oxazole rings is 1. The van der Waals surface area contributed by atoms with Gasteiger partial charge in [0.1, 0.15) is 12.3 Å². The van der Waals surface area contributed by atoms with Gasteiger partial charge in [-0.2, -0.15) is 0 Å². The van der Waals surface area contributed by atoms with Crippen LogP contribution in [0.15, 0.2) is 57.7 Å². The van der Waals surface area contributed by atoms with Crippen LogP contribution in [-0.4, -0.2) is 29.0 Å². The van der Waals surface area contributed by atoms with E-state index < -0.39 is 5.76 Å². The third kappa shape index (κ3) is 2.87. The molecular formula is C20H20N2O4. The molecule has 2 heterocycles. The molecule has 0 bridgehead atoms. The molecule has 1 aliphatic rings. The number of rotatable bonds is 4. The van der Waals surface area contributed by atoms with Crippen molar-refractivity contribution in [3.05, 3.63) is 64.6 Å². The number of nitrogens with zero attached hydrogens (tertiary/aromatic N) is 2. The zero-order chi connectivity index (χ0) is 18.1. The molecule has 134 valence electrons. The summed E-state index contributed by atoms with van der Waals surface area (Å²) in [6.07, 6.45) is 1.84. The van der Waals surface area contributed by atoms with E-state index in [9.17, 15) is 9.59 Å². The van der Waals surface area contributed by atoms with Gasteiger partial charge in [-0.1, -0.05) is 24.3 Å². The number of aromatic nitrogens is 1. The second-order valence-corrected chi connectivity index (χ2v) is 6.44. The number of hydrogen-bond acceptors (Lipinski definition) is 4. The number of benzene rings is 2. The van der Waals surface area contributed by atoms with Crippen LogP contribution in [0, 0.1) is 0 Å². The first-order valence-corrected chi connectivity index (χ1v) is 8.69. The van der Waals surface area contributed by atoms with E-state index in [1.807, 2.05) is 35.2 Å². The van der Waals surface area contributed by atoms with E-state index in [-0.39, 0.29) is 18.5 Å². The molecule has 0 radical (unpaired) electrons. The molecule has 1 amide bonds. The minimum atomic E-state index is -0.503. The average Bonchev–Trinajstić information content (AvgIpc) is 3.27. The fraction of sp³-hybridized carbons (Fsp3) is 0.300. The van der Waals surface area contributed by atoms with E-state index >= 15 is 0 Å². The van der Waals surface area contributed by atoms with Crippen LogP contribution in [0.2, 0.25) is 0 Å². The van der Waals surface area contributed by atoms with Crippen LogP contribution in [0.5, 0.6) is 5.75 Å². The number of amides is 1. The lowest BCUT2D eigenvalue weighted by Gasteiger charge is -2.25. The van der Waals surface area contributed by atoms with Crippen molar-refractivity contribution in [1.29, 1.82) is 0 Å². The Morgan fingerprint density at radius 1 is 1.23 bits per heavy atom.